The van der Waals surface area contributed by atoms with Crippen molar-refractivity contribution in [1.29, 1.82) is 0 Å². The molecule has 1 heterocycles. The Labute approximate surface area is 81.3 Å². The van der Waals surface area contributed by atoms with Gasteiger partial charge < -0.3 is 9.64 Å². The van der Waals surface area contributed by atoms with Crippen LogP contribution in [0.4, 0.5) is 0 Å². The molecule has 2 atom stereocenters. The molecule has 2 nitrogen and oxygen atoms in total. The summed E-state index contributed by atoms with van der Waals surface area (Å²) in [7, 11) is 2.26. The summed E-state index contributed by atoms with van der Waals surface area (Å²) in [6, 6.07) is 0.681. The van der Waals surface area contributed by atoms with Gasteiger partial charge in [-0.1, -0.05) is 6.42 Å². The van der Waals surface area contributed by atoms with Crippen molar-refractivity contribution in [3.05, 3.63) is 0 Å². The summed E-state index contributed by atoms with van der Waals surface area (Å²) in [4.78, 5) is 2.52. The van der Waals surface area contributed by atoms with Crippen molar-refractivity contribution >= 4 is 0 Å². The summed E-state index contributed by atoms with van der Waals surface area (Å²) >= 11 is 0. The monoisotopic (exact) mass is 183 g/mol. The second-order valence-corrected chi connectivity index (χ2v) is 4.67. The van der Waals surface area contributed by atoms with Gasteiger partial charge in [-0.25, -0.2) is 0 Å². The van der Waals surface area contributed by atoms with Crippen molar-refractivity contribution in [3.63, 3.8) is 0 Å². The smallest absolute Gasteiger partial charge is 0.0702 e. The lowest BCUT2D eigenvalue weighted by Crippen LogP contribution is -2.40. The minimum absolute atomic E-state index is 0.449. The molecule has 1 aliphatic carbocycles. The molecule has 0 bridgehead atoms. The van der Waals surface area contributed by atoms with Crippen LogP contribution in [0.25, 0.3) is 0 Å². The molecule has 2 heteroatoms. The van der Waals surface area contributed by atoms with Gasteiger partial charge in [0.15, 0.2) is 0 Å². The lowest BCUT2D eigenvalue weighted by atomic mass is 9.85. The van der Waals surface area contributed by atoms with E-state index in [1.165, 1.54) is 32.2 Å². The first kappa shape index (κ1) is 9.47. The van der Waals surface area contributed by atoms with E-state index in [4.69, 9.17) is 4.74 Å². The Morgan fingerprint density at radius 2 is 2.08 bits per heavy atom. The molecule has 1 saturated heterocycles. The Morgan fingerprint density at radius 1 is 1.31 bits per heavy atom. The van der Waals surface area contributed by atoms with Crippen LogP contribution >= 0.6 is 0 Å². The van der Waals surface area contributed by atoms with Crippen LogP contribution in [0.5, 0.6) is 0 Å². The van der Waals surface area contributed by atoms with Crippen LogP contribution in [0.3, 0.4) is 0 Å². The van der Waals surface area contributed by atoms with Crippen molar-refractivity contribution in [1.82, 2.24) is 4.90 Å². The van der Waals surface area contributed by atoms with Crippen LogP contribution in [0.1, 0.15) is 32.6 Å². The molecule has 0 aromatic rings. The van der Waals surface area contributed by atoms with Crippen molar-refractivity contribution in [2.45, 2.75) is 44.8 Å². The molecule has 2 fully saturated rings. The first-order valence-electron chi connectivity index (χ1n) is 5.59. The molecule has 0 aromatic carbocycles. The molecular formula is C11H21NO. The number of ether oxygens (including phenoxy) is 1. The lowest BCUT2D eigenvalue weighted by molar-refractivity contribution is 0.0715. The number of rotatable bonds is 3. The summed E-state index contributed by atoms with van der Waals surface area (Å²) in [5, 5.41) is 0. The minimum Gasteiger partial charge on any atom is -0.377 e. The van der Waals surface area contributed by atoms with Crippen LogP contribution in [-0.4, -0.2) is 37.2 Å². The molecule has 76 valence electrons. The summed E-state index contributed by atoms with van der Waals surface area (Å²) in [5.41, 5.74) is 0. The molecule has 13 heavy (non-hydrogen) atoms. The molecule has 2 aliphatic rings. The van der Waals surface area contributed by atoms with E-state index in [1.807, 2.05) is 0 Å². The number of nitrogens with zero attached hydrogens (tertiary/aromatic N) is 1. The number of hydrogen-bond donors (Lipinski definition) is 0. The van der Waals surface area contributed by atoms with Gasteiger partial charge in [0.1, 0.15) is 0 Å². The van der Waals surface area contributed by atoms with Crippen LogP contribution in [0.15, 0.2) is 0 Å². The maximum Gasteiger partial charge on any atom is 0.0702 e. The topological polar surface area (TPSA) is 12.5 Å². The Balaban J connectivity index is 1.77. The molecule has 2 rings (SSSR count). The molecule has 2 unspecified atom stereocenters. The highest BCUT2D eigenvalue weighted by molar-refractivity contribution is 4.83. The molecule has 0 amide bonds. The Bertz CT molecular complexity index is 167. The summed E-state index contributed by atoms with van der Waals surface area (Å²) in [5.74, 6) is 0.984. The normalized spacial score (nSPS) is 35.3. The van der Waals surface area contributed by atoms with E-state index in [1.54, 1.807) is 0 Å². The third-order valence-electron chi connectivity index (χ3n) is 3.67. The van der Waals surface area contributed by atoms with Gasteiger partial charge in [-0.05, 0) is 39.2 Å². The fraction of sp³-hybridized carbons (Fsp3) is 1.00. The average molecular weight is 183 g/mol. The maximum atomic E-state index is 5.58. The lowest BCUT2D eigenvalue weighted by Gasteiger charge is -2.34. The van der Waals surface area contributed by atoms with Crippen LogP contribution < -0.4 is 0 Å². The highest BCUT2D eigenvalue weighted by Crippen LogP contribution is 2.28. The molecule has 0 radical (unpaired) electrons. The van der Waals surface area contributed by atoms with Crippen LogP contribution in [0.2, 0.25) is 0 Å². The van der Waals surface area contributed by atoms with Gasteiger partial charge in [0.25, 0.3) is 0 Å². The second kappa shape index (κ2) is 3.97. The Hall–Kier alpha value is -0.0800. The molecule has 1 saturated carbocycles. The van der Waals surface area contributed by atoms with E-state index in [0.29, 0.717) is 12.1 Å². The predicted octanol–water partition coefficient (Wildman–Crippen LogP) is 1.90. The first-order valence-corrected chi connectivity index (χ1v) is 5.59. The fourth-order valence-corrected chi connectivity index (χ4v) is 2.52. The van der Waals surface area contributed by atoms with Crippen LogP contribution in [0, 0.1) is 5.92 Å². The standard InChI is InChI=1S/C11H21NO/c1-9-11(6-7-13-9)12(2)8-10-4-3-5-10/h9-11H,3-8H2,1-2H3. The van der Waals surface area contributed by atoms with Gasteiger partial charge in [0.2, 0.25) is 0 Å². The first-order chi connectivity index (χ1) is 6.27. The average Bonchev–Trinajstić information content (AvgIpc) is 2.43. The van der Waals surface area contributed by atoms with Crippen molar-refractivity contribution < 1.29 is 4.74 Å². The van der Waals surface area contributed by atoms with Gasteiger partial charge in [-0.2, -0.15) is 0 Å². The largest absolute Gasteiger partial charge is 0.377 e. The fourth-order valence-electron chi connectivity index (χ4n) is 2.52. The van der Waals surface area contributed by atoms with Gasteiger partial charge >= 0.3 is 0 Å². The van der Waals surface area contributed by atoms with Crippen molar-refractivity contribution in [2.24, 2.45) is 5.92 Å². The molecule has 0 spiro atoms. The van der Waals surface area contributed by atoms with Gasteiger partial charge in [0.05, 0.1) is 6.10 Å². The molecule has 1 aliphatic heterocycles. The second-order valence-electron chi connectivity index (χ2n) is 4.67. The quantitative estimate of drug-likeness (QED) is 0.662. The van der Waals surface area contributed by atoms with E-state index in [-0.39, 0.29) is 0 Å². The van der Waals surface area contributed by atoms with Gasteiger partial charge in [-0.15, -0.1) is 0 Å². The van der Waals surface area contributed by atoms with E-state index in [2.05, 4.69) is 18.9 Å². The SMILES string of the molecule is CC1OCCC1N(C)CC1CCC1. The zero-order chi connectivity index (χ0) is 9.26. The van der Waals surface area contributed by atoms with Crippen molar-refractivity contribution in [2.75, 3.05) is 20.2 Å². The van der Waals surface area contributed by atoms with Gasteiger partial charge in [-0.3, -0.25) is 0 Å². The third-order valence-corrected chi connectivity index (χ3v) is 3.67. The molecule has 0 aromatic heterocycles. The van der Waals surface area contributed by atoms with E-state index in [9.17, 15) is 0 Å². The van der Waals surface area contributed by atoms with Crippen molar-refractivity contribution in [3.8, 4) is 0 Å². The Kier molecular flexibility index (Phi) is 2.89. The van der Waals surface area contributed by atoms with Gasteiger partial charge in [0, 0.05) is 19.2 Å². The zero-order valence-corrected chi connectivity index (χ0v) is 8.83. The zero-order valence-electron chi connectivity index (χ0n) is 8.83. The number of likely N-dealkylation sites (N-methyl/N-ethyl adjacent to an activating group) is 1. The predicted molar refractivity (Wildman–Crippen MR) is 53.8 cm³/mol. The highest BCUT2D eigenvalue weighted by Gasteiger charge is 2.30. The summed E-state index contributed by atoms with van der Waals surface area (Å²) in [6.45, 7) is 4.45. The van der Waals surface area contributed by atoms with E-state index < -0.39 is 0 Å². The number of hydrogen-bond acceptors (Lipinski definition) is 2. The summed E-state index contributed by atoms with van der Waals surface area (Å²) < 4.78 is 5.58. The minimum atomic E-state index is 0.449. The van der Waals surface area contributed by atoms with Crippen LogP contribution in [-0.2, 0) is 4.74 Å². The molecular weight excluding hydrogens is 162 g/mol. The molecule has 0 N–H and O–H groups in total. The third kappa shape index (κ3) is 2.05. The maximum absolute atomic E-state index is 5.58. The highest BCUT2D eigenvalue weighted by atomic mass is 16.5. The van der Waals surface area contributed by atoms with E-state index in [0.717, 1.165) is 12.5 Å². The van der Waals surface area contributed by atoms with E-state index >= 15 is 0 Å². The summed E-state index contributed by atoms with van der Waals surface area (Å²) in [6.07, 6.45) is 6.03. The Morgan fingerprint density at radius 3 is 2.54 bits per heavy atom.